The van der Waals surface area contributed by atoms with Gasteiger partial charge in [-0.05, 0) is 34.0 Å². The predicted molar refractivity (Wildman–Crippen MR) is 83.0 cm³/mol. The van der Waals surface area contributed by atoms with E-state index in [0.29, 0.717) is 10.1 Å². The number of rotatable bonds is 2. The average molecular weight is 264 g/mol. The summed E-state index contributed by atoms with van der Waals surface area (Å²) in [5, 5.41) is 1.03. The van der Waals surface area contributed by atoms with Gasteiger partial charge in [0, 0.05) is 0 Å². The molecule has 1 saturated carbocycles. The van der Waals surface area contributed by atoms with Crippen molar-refractivity contribution in [1.82, 2.24) is 0 Å². The minimum Gasteiger partial charge on any atom is -0.0680 e. The number of fused-ring (bicyclic) bond motifs is 1. The van der Waals surface area contributed by atoms with Crippen molar-refractivity contribution in [2.45, 2.75) is 36.0 Å². The monoisotopic (exact) mass is 264 g/mol. The van der Waals surface area contributed by atoms with Crippen LogP contribution in [0.5, 0.6) is 0 Å². The molecule has 1 heterocycles. The largest absolute Gasteiger partial charge is 0.0712 e. The maximum absolute atomic E-state index is 2.60. The molecule has 1 heteroatoms. The third kappa shape index (κ3) is 1.04. The van der Waals surface area contributed by atoms with Crippen molar-refractivity contribution in [3.05, 3.63) is 71.8 Å². The van der Waals surface area contributed by atoms with E-state index in [0.717, 1.165) is 0 Å². The van der Waals surface area contributed by atoms with Gasteiger partial charge in [0.1, 0.15) is 0 Å². The third-order valence-electron chi connectivity index (χ3n) is 6.21. The van der Waals surface area contributed by atoms with Gasteiger partial charge in [0.2, 0.25) is 0 Å². The van der Waals surface area contributed by atoms with E-state index in [9.17, 15) is 0 Å². The first-order valence-corrected chi connectivity index (χ1v) is 10.3. The van der Waals surface area contributed by atoms with Crippen molar-refractivity contribution >= 4 is 8.07 Å². The van der Waals surface area contributed by atoms with E-state index in [1.54, 1.807) is 11.1 Å². The lowest BCUT2D eigenvalue weighted by Gasteiger charge is -2.37. The van der Waals surface area contributed by atoms with Gasteiger partial charge >= 0.3 is 0 Å². The smallest absolute Gasteiger partial charge is 0.0680 e. The highest BCUT2D eigenvalue weighted by atomic mass is 28.3. The Morgan fingerprint density at radius 2 is 1.05 bits per heavy atom. The van der Waals surface area contributed by atoms with Crippen molar-refractivity contribution in [3.8, 4) is 0 Å². The molecule has 2 fully saturated rings. The van der Waals surface area contributed by atoms with Crippen LogP contribution in [-0.2, 0) is 10.1 Å². The zero-order valence-corrected chi connectivity index (χ0v) is 12.7. The quantitative estimate of drug-likeness (QED) is 0.703. The summed E-state index contributed by atoms with van der Waals surface area (Å²) in [5.74, 6) is 0. The molecule has 1 aliphatic heterocycles. The topological polar surface area (TPSA) is 0 Å². The summed E-state index contributed by atoms with van der Waals surface area (Å²) in [4.78, 5) is 0. The summed E-state index contributed by atoms with van der Waals surface area (Å²) in [6, 6.07) is 22.6. The highest BCUT2D eigenvalue weighted by molar-refractivity contribution is 6.95. The summed E-state index contributed by atoms with van der Waals surface area (Å²) >= 11 is 0. The molecule has 0 bridgehead atoms. The lowest BCUT2D eigenvalue weighted by atomic mass is 9.67. The summed E-state index contributed by atoms with van der Waals surface area (Å²) in [7, 11) is -1.24. The lowest BCUT2D eigenvalue weighted by Crippen LogP contribution is -2.32. The van der Waals surface area contributed by atoms with E-state index < -0.39 is 8.07 Å². The van der Waals surface area contributed by atoms with Crippen LogP contribution in [0, 0.1) is 0 Å². The molecule has 2 unspecified atom stereocenters. The summed E-state index contributed by atoms with van der Waals surface area (Å²) in [6.45, 7) is 5.19. The highest BCUT2D eigenvalue weighted by Gasteiger charge is 2.88. The van der Waals surface area contributed by atoms with E-state index in [1.807, 2.05) is 0 Å². The van der Waals surface area contributed by atoms with Crippen molar-refractivity contribution in [2.24, 2.45) is 0 Å². The van der Waals surface area contributed by atoms with Crippen LogP contribution in [0.4, 0.5) is 0 Å². The Bertz CT molecular complexity index is 561. The molecular weight excluding hydrogens is 244 g/mol. The molecule has 0 nitrogen and oxygen atoms in total. The van der Waals surface area contributed by atoms with Crippen LogP contribution in [-0.4, -0.2) is 8.07 Å². The molecule has 2 aliphatic rings. The fourth-order valence-electron chi connectivity index (χ4n) is 5.26. The first kappa shape index (κ1) is 11.5. The molecular formula is C18H20Si. The maximum Gasteiger partial charge on any atom is 0.0712 e. The SMILES string of the molecule is C[Si]1(C)C2(c3ccccc3)CCC21c1ccccc1. The van der Waals surface area contributed by atoms with Crippen molar-refractivity contribution in [2.75, 3.05) is 0 Å². The van der Waals surface area contributed by atoms with E-state index in [1.165, 1.54) is 12.8 Å². The predicted octanol–water partition coefficient (Wildman–Crippen LogP) is 4.46. The average Bonchev–Trinajstić information content (AvgIpc) is 2.71. The Morgan fingerprint density at radius 1 is 0.684 bits per heavy atom. The van der Waals surface area contributed by atoms with Gasteiger partial charge in [0.25, 0.3) is 0 Å². The molecule has 2 aromatic rings. The maximum atomic E-state index is 2.60. The van der Waals surface area contributed by atoms with Crippen molar-refractivity contribution in [1.29, 1.82) is 0 Å². The lowest BCUT2D eigenvalue weighted by molar-refractivity contribution is 0.343. The van der Waals surface area contributed by atoms with E-state index in [2.05, 4.69) is 73.8 Å². The standard InChI is InChI=1S/C18H20Si/c1-19(2)17(15-9-5-3-6-10-15)13-14-18(17,19)16-11-7-4-8-12-16/h3-12H,13-14H2,1-2H3. The molecule has 1 aliphatic carbocycles. The van der Waals surface area contributed by atoms with Gasteiger partial charge < -0.3 is 0 Å². The first-order chi connectivity index (χ1) is 9.17. The van der Waals surface area contributed by atoms with E-state index in [-0.39, 0.29) is 0 Å². The molecule has 19 heavy (non-hydrogen) atoms. The zero-order valence-electron chi connectivity index (χ0n) is 11.7. The second-order valence-electron chi connectivity index (χ2n) is 6.67. The first-order valence-electron chi connectivity index (χ1n) is 7.28. The van der Waals surface area contributed by atoms with Gasteiger partial charge in [-0.25, -0.2) is 0 Å². The molecule has 0 amide bonds. The van der Waals surface area contributed by atoms with Crippen LogP contribution in [0.15, 0.2) is 60.7 Å². The van der Waals surface area contributed by atoms with Crippen molar-refractivity contribution in [3.63, 3.8) is 0 Å². The molecule has 96 valence electrons. The van der Waals surface area contributed by atoms with Crippen LogP contribution >= 0.6 is 0 Å². The molecule has 0 spiro atoms. The van der Waals surface area contributed by atoms with Crippen LogP contribution in [0.1, 0.15) is 24.0 Å². The normalized spacial score (nSPS) is 34.2. The van der Waals surface area contributed by atoms with Gasteiger partial charge in [-0.15, -0.1) is 0 Å². The minimum atomic E-state index is -1.24. The number of benzene rings is 2. The summed E-state index contributed by atoms with van der Waals surface area (Å²) in [5.41, 5.74) is 3.20. The molecule has 0 aromatic heterocycles. The van der Waals surface area contributed by atoms with Gasteiger partial charge in [0.05, 0.1) is 8.07 Å². The second kappa shape index (κ2) is 3.40. The van der Waals surface area contributed by atoms with Crippen LogP contribution < -0.4 is 0 Å². The van der Waals surface area contributed by atoms with Gasteiger partial charge in [-0.1, -0.05) is 73.8 Å². The molecule has 2 atom stereocenters. The Labute approximate surface area is 116 Å². The Hall–Kier alpha value is -1.34. The van der Waals surface area contributed by atoms with Gasteiger partial charge in [-0.3, -0.25) is 0 Å². The Kier molecular flexibility index (Phi) is 2.05. The second-order valence-corrected chi connectivity index (χ2v) is 11.6. The number of hydrogen-bond acceptors (Lipinski definition) is 0. The van der Waals surface area contributed by atoms with Gasteiger partial charge in [-0.2, -0.15) is 0 Å². The van der Waals surface area contributed by atoms with Crippen LogP contribution in [0.3, 0.4) is 0 Å². The van der Waals surface area contributed by atoms with Crippen LogP contribution in [0.2, 0.25) is 13.1 Å². The highest BCUT2D eigenvalue weighted by Crippen LogP contribution is 2.81. The van der Waals surface area contributed by atoms with Crippen LogP contribution in [0.25, 0.3) is 0 Å². The Balaban J connectivity index is 1.89. The van der Waals surface area contributed by atoms with E-state index in [4.69, 9.17) is 0 Å². The molecule has 1 saturated heterocycles. The van der Waals surface area contributed by atoms with Gasteiger partial charge in [0.15, 0.2) is 0 Å². The third-order valence-corrected chi connectivity index (χ3v) is 12.2. The Morgan fingerprint density at radius 3 is 1.37 bits per heavy atom. The molecule has 0 radical (unpaired) electrons. The molecule has 2 aromatic carbocycles. The summed E-state index contributed by atoms with van der Waals surface area (Å²) < 4.78 is 0. The summed E-state index contributed by atoms with van der Waals surface area (Å²) in [6.07, 6.45) is 2.79. The molecule has 4 rings (SSSR count). The minimum absolute atomic E-state index is 0.516. The number of hydrogen-bond donors (Lipinski definition) is 0. The molecule has 0 N–H and O–H groups in total. The zero-order chi connectivity index (χ0) is 13.1. The van der Waals surface area contributed by atoms with E-state index >= 15 is 0 Å². The fourth-order valence-corrected chi connectivity index (χ4v) is 11.9. The fraction of sp³-hybridized carbons (Fsp3) is 0.333. The van der Waals surface area contributed by atoms with Crippen molar-refractivity contribution < 1.29 is 0 Å².